The Labute approximate surface area is 95.6 Å². The van der Waals surface area contributed by atoms with Crippen molar-refractivity contribution in [1.82, 2.24) is 0 Å². The normalized spacial score (nSPS) is 18.0. The van der Waals surface area contributed by atoms with Crippen molar-refractivity contribution in [2.24, 2.45) is 5.73 Å². The molecule has 1 aliphatic carbocycles. The van der Waals surface area contributed by atoms with E-state index in [1.807, 2.05) is 6.92 Å². The van der Waals surface area contributed by atoms with Crippen molar-refractivity contribution in [3.8, 4) is 5.75 Å². The molecule has 1 aromatic rings. The van der Waals surface area contributed by atoms with Crippen molar-refractivity contribution in [3.63, 3.8) is 0 Å². The summed E-state index contributed by atoms with van der Waals surface area (Å²) in [6.45, 7) is 2.56. The van der Waals surface area contributed by atoms with Crippen LogP contribution in [0.25, 0.3) is 0 Å². The van der Waals surface area contributed by atoms with Gasteiger partial charge in [0.05, 0.1) is 7.11 Å². The molecule has 0 atom stereocenters. The highest BCUT2D eigenvalue weighted by atomic mass is 19.1. The average molecular weight is 223 g/mol. The molecule has 88 valence electrons. The summed E-state index contributed by atoms with van der Waals surface area (Å²) in [4.78, 5) is 0. The van der Waals surface area contributed by atoms with Crippen LogP contribution in [0.5, 0.6) is 5.75 Å². The second-order valence-electron chi connectivity index (χ2n) is 4.62. The average Bonchev–Trinajstić information content (AvgIpc) is 2.21. The Kier molecular flexibility index (Phi) is 2.89. The number of hydrogen-bond acceptors (Lipinski definition) is 2. The first kappa shape index (κ1) is 11.4. The smallest absolute Gasteiger partial charge is 0.127 e. The second kappa shape index (κ2) is 4.06. The van der Waals surface area contributed by atoms with Gasteiger partial charge in [-0.3, -0.25) is 0 Å². The Hall–Kier alpha value is -1.09. The fourth-order valence-corrected chi connectivity index (χ4v) is 2.60. The molecule has 0 aliphatic heterocycles. The van der Waals surface area contributed by atoms with Crippen LogP contribution in [0, 0.1) is 12.7 Å². The fourth-order valence-electron chi connectivity index (χ4n) is 2.60. The lowest BCUT2D eigenvalue weighted by Gasteiger charge is -2.42. The molecular weight excluding hydrogens is 205 g/mol. The molecule has 0 radical (unpaired) electrons. The van der Waals surface area contributed by atoms with Gasteiger partial charge in [-0.2, -0.15) is 0 Å². The standard InChI is InChI=1S/C13H18FNO/c1-9-11(13(8-15)4-3-5-13)6-10(14)7-12(9)16-2/h6-7H,3-5,8,15H2,1-2H3. The van der Waals surface area contributed by atoms with Crippen molar-refractivity contribution in [3.05, 3.63) is 29.1 Å². The Balaban J connectivity index is 2.51. The summed E-state index contributed by atoms with van der Waals surface area (Å²) in [7, 11) is 1.57. The number of ether oxygens (including phenoxy) is 1. The van der Waals surface area contributed by atoms with Gasteiger partial charge in [0.25, 0.3) is 0 Å². The van der Waals surface area contributed by atoms with Crippen LogP contribution in [-0.4, -0.2) is 13.7 Å². The number of nitrogens with two attached hydrogens (primary N) is 1. The minimum Gasteiger partial charge on any atom is -0.496 e. The van der Waals surface area contributed by atoms with Gasteiger partial charge >= 0.3 is 0 Å². The molecule has 1 aromatic carbocycles. The monoisotopic (exact) mass is 223 g/mol. The van der Waals surface area contributed by atoms with Gasteiger partial charge in [0.2, 0.25) is 0 Å². The fraction of sp³-hybridized carbons (Fsp3) is 0.538. The molecule has 0 aromatic heterocycles. The molecule has 0 saturated heterocycles. The zero-order chi connectivity index (χ0) is 11.8. The van der Waals surface area contributed by atoms with Gasteiger partial charge < -0.3 is 10.5 Å². The molecule has 0 bridgehead atoms. The van der Waals surface area contributed by atoms with Crippen molar-refractivity contribution in [2.75, 3.05) is 13.7 Å². The molecule has 1 fully saturated rings. The maximum Gasteiger partial charge on any atom is 0.127 e. The van der Waals surface area contributed by atoms with E-state index in [0.717, 1.165) is 24.0 Å². The predicted molar refractivity (Wildman–Crippen MR) is 62.3 cm³/mol. The summed E-state index contributed by atoms with van der Waals surface area (Å²) < 4.78 is 18.7. The zero-order valence-electron chi connectivity index (χ0n) is 9.85. The number of methoxy groups -OCH3 is 1. The van der Waals surface area contributed by atoms with Gasteiger partial charge in [-0.15, -0.1) is 0 Å². The Morgan fingerprint density at radius 2 is 2.12 bits per heavy atom. The van der Waals surface area contributed by atoms with Gasteiger partial charge in [-0.05, 0) is 37.0 Å². The quantitative estimate of drug-likeness (QED) is 0.854. The van der Waals surface area contributed by atoms with Crippen LogP contribution in [0.4, 0.5) is 4.39 Å². The lowest BCUT2D eigenvalue weighted by atomic mass is 9.63. The summed E-state index contributed by atoms with van der Waals surface area (Å²) in [5.41, 5.74) is 7.88. The van der Waals surface area contributed by atoms with Crippen molar-refractivity contribution in [1.29, 1.82) is 0 Å². The van der Waals surface area contributed by atoms with E-state index in [4.69, 9.17) is 10.5 Å². The molecule has 1 aliphatic rings. The molecule has 0 heterocycles. The summed E-state index contributed by atoms with van der Waals surface area (Å²) >= 11 is 0. The SMILES string of the molecule is COc1cc(F)cc(C2(CN)CCC2)c1C. The third-order valence-electron chi connectivity index (χ3n) is 3.82. The van der Waals surface area contributed by atoms with E-state index < -0.39 is 0 Å². The number of halogens is 1. The molecule has 16 heavy (non-hydrogen) atoms. The van der Waals surface area contributed by atoms with Gasteiger partial charge in [-0.25, -0.2) is 4.39 Å². The van der Waals surface area contributed by atoms with Crippen LogP contribution in [0.1, 0.15) is 30.4 Å². The Morgan fingerprint density at radius 1 is 1.44 bits per heavy atom. The third kappa shape index (κ3) is 1.59. The summed E-state index contributed by atoms with van der Waals surface area (Å²) in [5.74, 6) is 0.381. The summed E-state index contributed by atoms with van der Waals surface area (Å²) in [6.07, 6.45) is 3.28. The van der Waals surface area contributed by atoms with Gasteiger partial charge in [0, 0.05) is 18.0 Å². The molecule has 2 rings (SSSR count). The molecule has 1 saturated carbocycles. The lowest BCUT2D eigenvalue weighted by Crippen LogP contribution is -2.42. The molecule has 0 unspecified atom stereocenters. The van der Waals surface area contributed by atoms with E-state index in [0.29, 0.717) is 12.3 Å². The van der Waals surface area contributed by atoms with Crippen molar-refractivity contribution < 1.29 is 9.13 Å². The molecule has 2 N–H and O–H groups in total. The number of benzene rings is 1. The molecule has 3 heteroatoms. The highest BCUT2D eigenvalue weighted by molar-refractivity contribution is 5.45. The van der Waals surface area contributed by atoms with E-state index >= 15 is 0 Å². The van der Waals surface area contributed by atoms with Gasteiger partial charge in [-0.1, -0.05) is 6.42 Å². The minimum atomic E-state index is -0.239. The van der Waals surface area contributed by atoms with Crippen LogP contribution < -0.4 is 10.5 Å². The summed E-state index contributed by atoms with van der Waals surface area (Å²) in [6, 6.07) is 3.05. The number of hydrogen-bond donors (Lipinski definition) is 1. The maximum absolute atomic E-state index is 13.5. The van der Waals surface area contributed by atoms with E-state index in [-0.39, 0.29) is 11.2 Å². The molecular formula is C13H18FNO. The van der Waals surface area contributed by atoms with E-state index in [9.17, 15) is 4.39 Å². The summed E-state index contributed by atoms with van der Waals surface area (Å²) in [5, 5.41) is 0. The van der Waals surface area contributed by atoms with E-state index in [1.54, 1.807) is 13.2 Å². The van der Waals surface area contributed by atoms with Crippen molar-refractivity contribution >= 4 is 0 Å². The highest BCUT2D eigenvalue weighted by Gasteiger charge is 2.39. The van der Waals surface area contributed by atoms with Gasteiger partial charge in [0.15, 0.2) is 0 Å². The highest BCUT2D eigenvalue weighted by Crippen LogP contribution is 2.45. The lowest BCUT2D eigenvalue weighted by molar-refractivity contribution is 0.249. The first-order valence-corrected chi connectivity index (χ1v) is 5.67. The van der Waals surface area contributed by atoms with Crippen LogP contribution in [0.3, 0.4) is 0 Å². The molecule has 0 amide bonds. The van der Waals surface area contributed by atoms with Crippen LogP contribution in [-0.2, 0) is 5.41 Å². The second-order valence-corrected chi connectivity index (χ2v) is 4.62. The van der Waals surface area contributed by atoms with Crippen LogP contribution in [0.15, 0.2) is 12.1 Å². The third-order valence-corrected chi connectivity index (χ3v) is 3.82. The van der Waals surface area contributed by atoms with E-state index in [2.05, 4.69) is 0 Å². The number of rotatable bonds is 3. The zero-order valence-corrected chi connectivity index (χ0v) is 9.85. The van der Waals surface area contributed by atoms with Crippen LogP contribution >= 0.6 is 0 Å². The minimum absolute atomic E-state index is 0.0144. The van der Waals surface area contributed by atoms with Gasteiger partial charge in [0.1, 0.15) is 11.6 Å². The Bertz CT molecular complexity index is 394. The largest absolute Gasteiger partial charge is 0.496 e. The first-order valence-electron chi connectivity index (χ1n) is 5.67. The topological polar surface area (TPSA) is 35.2 Å². The maximum atomic E-state index is 13.5. The molecule has 2 nitrogen and oxygen atoms in total. The first-order chi connectivity index (χ1) is 7.63. The van der Waals surface area contributed by atoms with Crippen LogP contribution in [0.2, 0.25) is 0 Å². The Morgan fingerprint density at radius 3 is 2.56 bits per heavy atom. The predicted octanol–water partition coefficient (Wildman–Crippen LogP) is 2.52. The van der Waals surface area contributed by atoms with E-state index in [1.165, 1.54) is 12.5 Å². The van der Waals surface area contributed by atoms with Crippen molar-refractivity contribution in [2.45, 2.75) is 31.6 Å². The molecule has 0 spiro atoms.